The van der Waals surface area contributed by atoms with Crippen LogP contribution in [0.3, 0.4) is 0 Å². The average molecular weight is 592 g/mol. The molecular weight excluding hydrogens is 542 g/mol. The van der Waals surface area contributed by atoms with Gasteiger partial charge >= 0.3 is 0 Å². The maximum absolute atomic E-state index is 13.8. The highest BCUT2D eigenvalue weighted by Gasteiger charge is 2.21. The number of carbonyl (C=O) groups excluding carboxylic acids is 2. The lowest BCUT2D eigenvalue weighted by Crippen LogP contribution is -2.44. The van der Waals surface area contributed by atoms with E-state index in [2.05, 4.69) is 55.5 Å². The number of aromatic nitrogens is 1. The molecule has 2 aromatic carbocycles. The Hall–Kier alpha value is -3.06. The minimum atomic E-state index is 0.0415. The zero-order chi connectivity index (χ0) is 29.9. The van der Waals surface area contributed by atoms with Gasteiger partial charge in [0.25, 0.3) is 11.8 Å². The molecule has 2 amide bonds. The summed E-state index contributed by atoms with van der Waals surface area (Å²) in [6.07, 6.45) is 0. The lowest BCUT2D eigenvalue weighted by Gasteiger charge is -2.24. The van der Waals surface area contributed by atoms with Crippen molar-refractivity contribution in [1.82, 2.24) is 46.3 Å². The molecule has 0 aliphatic carbocycles. The van der Waals surface area contributed by atoms with Gasteiger partial charge in [0.1, 0.15) is 0 Å². The Bertz CT molecular complexity index is 1230. The normalized spacial score (nSPS) is 19.3. The summed E-state index contributed by atoms with van der Waals surface area (Å²) in [5, 5.41) is 22.6. The third-order valence-corrected chi connectivity index (χ3v) is 8.40. The Labute approximate surface area is 255 Å². The number of amides is 2. The van der Waals surface area contributed by atoms with Crippen LogP contribution in [-0.4, -0.2) is 131 Å². The minimum Gasteiger partial charge on any atom is -0.341 e. The van der Waals surface area contributed by atoms with Crippen LogP contribution in [0.1, 0.15) is 27.6 Å². The molecule has 6 N–H and O–H groups in total. The van der Waals surface area contributed by atoms with Gasteiger partial charge in [0.05, 0.1) is 0 Å². The molecule has 2 fully saturated rings. The predicted octanol–water partition coefficient (Wildman–Crippen LogP) is 0.264. The lowest BCUT2D eigenvalue weighted by atomic mass is 10.1. The Kier molecular flexibility index (Phi) is 11.8. The molecule has 234 valence electrons. The van der Waals surface area contributed by atoms with E-state index in [-0.39, 0.29) is 11.8 Å². The summed E-state index contributed by atoms with van der Waals surface area (Å²) in [5.41, 5.74) is 3.53. The molecule has 2 aliphatic rings. The first-order valence-corrected chi connectivity index (χ1v) is 16.1. The van der Waals surface area contributed by atoms with E-state index in [0.717, 1.165) is 107 Å². The van der Waals surface area contributed by atoms with Gasteiger partial charge in [0, 0.05) is 144 Å². The van der Waals surface area contributed by atoms with E-state index in [1.807, 2.05) is 34.1 Å². The Balaban J connectivity index is 1.41. The molecule has 1 aromatic heterocycles. The zero-order valence-corrected chi connectivity index (χ0v) is 25.6. The van der Waals surface area contributed by atoms with Crippen molar-refractivity contribution in [3.63, 3.8) is 0 Å². The number of benzene rings is 2. The van der Waals surface area contributed by atoms with Crippen LogP contribution in [0, 0.1) is 0 Å². The van der Waals surface area contributed by atoms with Crippen LogP contribution in [-0.2, 0) is 6.54 Å². The summed E-state index contributed by atoms with van der Waals surface area (Å²) in [7, 11) is 0. The van der Waals surface area contributed by atoms with E-state index in [1.54, 1.807) is 0 Å². The largest absolute Gasteiger partial charge is 0.341 e. The van der Waals surface area contributed by atoms with Crippen molar-refractivity contribution in [3.8, 4) is 0 Å². The van der Waals surface area contributed by atoms with E-state index in [9.17, 15) is 9.59 Å². The summed E-state index contributed by atoms with van der Waals surface area (Å²) in [6.45, 7) is 15.8. The number of nitrogens with zero attached hydrogens (tertiary/aromatic N) is 3. The molecule has 5 rings (SSSR count). The molecule has 3 aromatic rings. The second-order valence-electron chi connectivity index (χ2n) is 11.3. The number of carbonyl (C=O) groups is 2. The van der Waals surface area contributed by atoms with E-state index in [0.29, 0.717) is 37.3 Å². The summed E-state index contributed by atoms with van der Waals surface area (Å²) in [6, 6.07) is 12.1. The van der Waals surface area contributed by atoms with Gasteiger partial charge in [-0.1, -0.05) is 0 Å². The van der Waals surface area contributed by atoms with Gasteiger partial charge in [0.2, 0.25) is 0 Å². The Morgan fingerprint density at radius 2 is 0.860 bits per heavy atom. The quantitative estimate of drug-likeness (QED) is 0.257. The number of fused-ring (bicyclic) bond motifs is 3. The maximum Gasteiger partial charge on any atom is 0.253 e. The van der Waals surface area contributed by atoms with Gasteiger partial charge in [-0.15, -0.1) is 0 Å². The summed E-state index contributed by atoms with van der Waals surface area (Å²) >= 11 is 0. The highest BCUT2D eigenvalue weighted by atomic mass is 16.2. The number of aryl methyl sites for hydroxylation is 1. The third-order valence-electron chi connectivity index (χ3n) is 8.40. The van der Waals surface area contributed by atoms with Crippen molar-refractivity contribution in [3.05, 3.63) is 47.5 Å². The topological polar surface area (TPSA) is 118 Å². The van der Waals surface area contributed by atoms with Crippen LogP contribution in [0.25, 0.3) is 21.8 Å². The smallest absolute Gasteiger partial charge is 0.253 e. The maximum atomic E-state index is 13.8. The highest BCUT2D eigenvalue weighted by Crippen LogP contribution is 2.31. The van der Waals surface area contributed by atoms with Crippen molar-refractivity contribution < 1.29 is 9.59 Å². The predicted molar refractivity (Wildman–Crippen MR) is 174 cm³/mol. The van der Waals surface area contributed by atoms with Crippen LogP contribution < -0.4 is 31.9 Å². The van der Waals surface area contributed by atoms with Crippen LogP contribution in [0.5, 0.6) is 0 Å². The van der Waals surface area contributed by atoms with Crippen LogP contribution in [0.4, 0.5) is 0 Å². The summed E-state index contributed by atoms with van der Waals surface area (Å²) in [5.74, 6) is 0.0831. The van der Waals surface area contributed by atoms with Gasteiger partial charge in [-0.25, -0.2) is 0 Å². The molecule has 0 bridgehead atoms. The molecule has 11 heteroatoms. The van der Waals surface area contributed by atoms with Crippen LogP contribution in [0.2, 0.25) is 0 Å². The third kappa shape index (κ3) is 8.11. The highest BCUT2D eigenvalue weighted by molar-refractivity contribution is 6.12. The summed E-state index contributed by atoms with van der Waals surface area (Å²) < 4.78 is 2.27. The van der Waals surface area contributed by atoms with Crippen molar-refractivity contribution in [2.75, 3.05) is 105 Å². The van der Waals surface area contributed by atoms with E-state index < -0.39 is 0 Å². The molecular formula is C32H49N9O2. The van der Waals surface area contributed by atoms with Gasteiger partial charge in [-0.3, -0.25) is 9.59 Å². The van der Waals surface area contributed by atoms with Crippen molar-refractivity contribution in [2.45, 2.75) is 13.5 Å². The molecule has 3 heterocycles. The fourth-order valence-electron chi connectivity index (χ4n) is 6.02. The Morgan fingerprint density at radius 1 is 0.535 bits per heavy atom. The molecule has 0 unspecified atom stereocenters. The molecule has 0 spiro atoms. The number of hydrogen-bond donors (Lipinski definition) is 6. The van der Waals surface area contributed by atoms with Crippen molar-refractivity contribution in [1.29, 1.82) is 0 Å². The first kappa shape index (κ1) is 31.4. The fourth-order valence-corrected chi connectivity index (χ4v) is 6.02. The number of nitrogens with one attached hydrogen (secondary N) is 6. The van der Waals surface area contributed by atoms with Gasteiger partial charge in [-0.05, 0) is 43.3 Å². The van der Waals surface area contributed by atoms with Crippen LogP contribution >= 0.6 is 0 Å². The number of hydrogen-bond acceptors (Lipinski definition) is 8. The van der Waals surface area contributed by atoms with E-state index >= 15 is 0 Å². The summed E-state index contributed by atoms with van der Waals surface area (Å²) in [4.78, 5) is 31.5. The first-order chi connectivity index (χ1) is 21.2. The second kappa shape index (κ2) is 16.1. The molecule has 11 nitrogen and oxygen atoms in total. The van der Waals surface area contributed by atoms with Crippen LogP contribution in [0.15, 0.2) is 36.4 Å². The fraction of sp³-hybridized carbons (Fsp3) is 0.562. The van der Waals surface area contributed by atoms with Gasteiger partial charge < -0.3 is 46.3 Å². The molecule has 0 saturated carbocycles. The van der Waals surface area contributed by atoms with Gasteiger partial charge in [0.15, 0.2) is 0 Å². The molecule has 0 atom stereocenters. The molecule has 43 heavy (non-hydrogen) atoms. The molecule has 0 radical (unpaired) electrons. The standard InChI is InChI=1S/C32H49N9O2/c1-2-41-29-5-3-25(31(42)39-19-15-35-11-7-33-8-12-36-16-20-39)23-27(29)28-24-26(4-6-30(28)41)32(43)40-21-17-37-13-9-34-10-14-38-18-22-40/h3-6,23-24,33-38H,2,7-22H2,1H3. The molecule has 2 saturated heterocycles. The van der Waals surface area contributed by atoms with Gasteiger partial charge in [-0.2, -0.15) is 0 Å². The average Bonchev–Trinajstić information content (AvgIpc) is 3.33. The van der Waals surface area contributed by atoms with Crippen molar-refractivity contribution in [2.24, 2.45) is 0 Å². The van der Waals surface area contributed by atoms with E-state index in [4.69, 9.17) is 0 Å². The lowest BCUT2D eigenvalue weighted by molar-refractivity contribution is 0.0750. The minimum absolute atomic E-state index is 0.0415. The zero-order valence-electron chi connectivity index (χ0n) is 25.6. The monoisotopic (exact) mass is 591 g/mol. The SMILES string of the molecule is CCn1c2ccc(C(=O)N3CCNCCNCCNCC3)cc2c2cc(C(=O)N3CCNCCNCCNCC3)ccc21. The second-order valence-corrected chi connectivity index (χ2v) is 11.3. The molecule has 2 aliphatic heterocycles. The van der Waals surface area contributed by atoms with E-state index in [1.165, 1.54) is 0 Å². The Morgan fingerprint density at radius 3 is 1.19 bits per heavy atom. The van der Waals surface area contributed by atoms with Crippen molar-refractivity contribution >= 4 is 33.6 Å². The number of rotatable bonds is 3. The first-order valence-electron chi connectivity index (χ1n) is 16.1.